The molecule has 2 rings (SSSR count). The second-order valence-corrected chi connectivity index (χ2v) is 6.66. The van der Waals surface area contributed by atoms with Crippen LogP contribution in [0, 0.1) is 3.57 Å². The number of carbonyl (C=O) groups excluding carboxylic acids is 2. The number of carbonyl (C=O) groups is 2. The van der Waals surface area contributed by atoms with Crippen molar-refractivity contribution in [3.63, 3.8) is 0 Å². The second kappa shape index (κ2) is 10.0. The average Bonchev–Trinajstić information content (AvgIpc) is 2.66. The van der Waals surface area contributed by atoms with Crippen molar-refractivity contribution in [1.29, 1.82) is 0 Å². The first-order valence-corrected chi connectivity index (χ1v) is 9.12. The van der Waals surface area contributed by atoms with Gasteiger partial charge in [-0.2, -0.15) is 0 Å². The van der Waals surface area contributed by atoms with Crippen molar-refractivity contribution < 1.29 is 19.1 Å². The van der Waals surface area contributed by atoms with Crippen LogP contribution in [-0.2, 0) is 4.79 Å². The summed E-state index contributed by atoms with van der Waals surface area (Å²) < 4.78 is 11.5. The molecule has 0 saturated heterocycles. The van der Waals surface area contributed by atoms with E-state index >= 15 is 0 Å². The van der Waals surface area contributed by atoms with E-state index in [2.05, 4.69) is 27.9 Å². The van der Waals surface area contributed by atoms with Crippen LogP contribution >= 0.6 is 22.6 Å². The van der Waals surface area contributed by atoms with Gasteiger partial charge in [-0.15, -0.1) is 0 Å². The van der Waals surface area contributed by atoms with Gasteiger partial charge in [0.05, 0.1) is 25.8 Å². The van der Waals surface area contributed by atoms with Gasteiger partial charge in [0.25, 0.3) is 5.91 Å². The summed E-state index contributed by atoms with van der Waals surface area (Å²) >= 11 is 2.09. The number of methoxy groups -OCH3 is 1. The Morgan fingerprint density at radius 3 is 2.38 bits per heavy atom. The Kier molecular flexibility index (Phi) is 7.71. The van der Waals surface area contributed by atoms with Crippen molar-refractivity contribution in [2.75, 3.05) is 33.9 Å². The number of halogens is 1. The van der Waals surface area contributed by atoms with Gasteiger partial charge < -0.3 is 19.7 Å². The second-order valence-electron chi connectivity index (χ2n) is 5.50. The molecule has 0 saturated carbocycles. The Labute approximate surface area is 166 Å². The fourth-order valence-corrected chi connectivity index (χ4v) is 2.76. The quantitative estimate of drug-likeness (QED) is 0.605. The molecule has 7 heteroatoms. The highest BCUT2D eigenvalue weighted by atomic mass is 127. The summed E-state index contributed by atoms with van der Waals surface area (Å²) in [5, 5.41) is 2.65. The smallest absolute Gasteiger partial charge is 0.252 e. The Balaban J connectivity index is 1.73. The number of amides is 2. The summed E-state index contributed by atoms with van der Waals surface area (Å²) in [6, 6.07) is 14.5. The number of hydrogen-bond acceptors (Lipinski definition) is 4. The van der Waals surface area contributed by atoms with Gasteiger partial charge >= 0.3 is 0 Å². The molecule has 0 aliphatic heterocycles. The average molecular weight is 468 g/mol. The van der Waals surface area contributed by atoms with Gasteiger partial charge in [0.2, 0.25) is 5.91 Å². The number of benzene rings is 2. The zero-order chi connectivity index (χ0) is 18.9. The van der Waals surface area contributed by atoms with E-state index in [4.69, 9.17) is 9.47 Å². The Bertz CT molecular complexity index is 749. The molecule has 2 aromatic rings. The van der Waals surface area contributed by atoms with Crippen molar-refractivity contribution in [3.05, 3.63) is 57.7 Å². The molecule has 0 spiro atoms. The number of likely N-dealkylation sites (N-methyl/N-ethyl adjacent to an activating group) is 1. The summed E-state index contributed by atoms with van der Waals surface area (Å²) in [7, 11) is 3.28. The van der Waals surface area contributed by atoms with E-state index < -0.39 is 0 Å². The molecule has 0 aliphatic carbocycles. The molecule has 2 amide bonds. The lowest BCUT2D eigenvalue weighted by Gasteiger charge is -2.18. The van der Waals surface area contributed by atoms with Crippen LogP contribution in [0.2, 0.25) is 0 Å². The summed E-state index contributed by atoms with van der Waals surface area (Å²) in [6.45, 7) is 0.728. The van der Waals surface area contributed by atoms with Gasteiger partial charge in [0.1, 0.15) is 18.1 Å². The topological polar surface area (TPSA) is 67.9 Å². The molecule has 0 aliphatic rings. The van der Waals surface area contributed by atoms with E-state index in [1.165, 1.54) is 4.90 Å². The van der Waals surface area contributed by atoms with Crippen molar-refractivity contribution in [2.45, 2.75) is 0 Å². The maximum Gasteiger partial charge on any atom is 0.252 e. The minimum Gasteiger partial charge on any atom is -0.497 e. The standard InChI is InChI=1S/C19H21IN2O4/c1-22(11-12-26-15-9-7-14(25-2)8-10-15)18(23)13-21-19(24)16-5-3-4-6-17(16)20/h3-10H,11-13H2,1-2H3,(H,21,24). The minimum atomic E-state index is -0.258. The van der Waals surface area contributed by atoms with Crippen LogP contribution in [0.15, 0.2) is 48.5 Å². The molecular formula is C19H21IN2O4. The molecule has 0 aromatic heterocycles. The maximum absolute atomic E-state index is 12.1. The molecule has 0 unspecified atom stereocenters. The lowest BCUT2D eigenvalue weighted by Crippen LogP contribution is -2.39. The fraction of sp³-hybridized carbons (Fsp3) is 0.263. The highest BCUT2D eigenvalue weighted by Gasteiger charge is 2.13. The van der Waals surface area contributed by atoms with Gasteiger partial charge in [0.15, 0.2) is 0 Å². The molecule has 0 atom stereocenters. The van der Waals surface area contributed by atoms with Gasteiger partial charge in [-0.05, 0) is 59.0 Å². The van der Waals surface area contributed by atoms with Crippen molar-refractivity contribution in [3.8, 4) is 11.5 Å². The molecule has 26 heavy (non-hydrogen) atoms. The van der Waals surface area contributed by atoms with Crippen LogP contribution in [0.1, 0.15) is 10.4 Å². The molecule has 1 N–H and O–H groups in total. The van der Waals surface area contributed by atoms with Crippen LogP contribution in [0.3, 0.4) is 0 Å². The van der Waals surface area contributed by atoms with Crippen LogP contribution in [0.5, 0.6) is 11.5 Å². The molecule has 6 nitrogen and oxygen atoms in total. The van der Waals surface area contributed by atoms with E-state index in [1.807, 2.05) is 36.4 Å². The molecule has 0 bridgehead atoms. The predicted octanol–water partition coefficient (Wildman–Crippen LogP) is 2.57. The summed E-state index contributed by atoms with van der Waals surface area (Å²) in [5.41, 5.74) is 0.561. The number of nitrogens with zero attached hydrogens (tertiary/aromatic N) is 1. The monoisotopic (exact) mass is 468 g/mol. The van der Waals surface area contributed by atoms with Gasteiger partial charge in [0, 0.05) is 10.6 Å². The Hall–Kier alpha value is -2.29. The minimum absolute atomic E-state index is 0.0527. The van der Waals surface area contributed by atoms with Gasteiger partial charge in [-0.25, -0.2) is 0 Å². The zero-order valence-electron chi connectivity index (χ0n) is 14.7. The Morgan fingerprint density at radius 1 is 1.08 bits per heavy atom. The van der Waals surface area contributed by atoms with Crippen LogP contribution < -0.4 is 14.8 Å². The highest BCUT2D eigenvalue weighted by molar-refractivity contribution is 14.1. The summed E-state index contributed by atoms with van der Waals surface area (Å²) in [6.07, 6.45) is 0. The molecular weight excluding hydrogens is 447 g/mol. The van der Waals surface area contributed by atoms with E-state index in [9.17, 15) is 9.59 Å². The van der Waals surface area contributed by atoms with Crippen LogP contribution in [0.25, 0.3) is 0 Å². The first kappa shape index (κ1) is 20.0. The molecule has 0 heterocycles. The third-order valence-corrected chi connectivity index (χ3v) is 4.64. The number of ether oxygens (including phenoxy) is 2. The summed E-state index contributed by atoms with van der Waals surface area (Å²) in [5.74, 6) is 1.03. The van der Waals surface area contributed by atoms with Crippen molar-refractivity contribution >= 4 is 34.4 Å². The summed E-state index contributed by atoms with van der Waals surface area (Å²) in [4.78, 5) is 25.8. The third-order valence-electron chi connectivity index (χ3n) is 3.70. The highest BCUT2D eigenvalue weighted by Crippen LogP contribution is 2.16. The van der Waals surface area contributed by atoms with Gasteiger partial charge in [-0.1, -0.05) is 12.1 Å². The van der Waals surface area contributed by atoms with Crippen molar-refractivity contribution in [2.24, 2.45) is 0 Å². The molecule has 0 radical (unpaired) electrons. The molecule has 0 fully saturated rings. The van der Waals surface area contributed by atoms with Crippen molar-refractivity contribution in [1.82, 2.24) is 10.2 Å². The van der Waals surface area contributed by atoms with E-state index in [-0.39, 0.29) is 18.4 Å². The molecule has 2 aromatic carbocycles. The van der Waals surface area contributed by atoms with E-state index in [0.717, 1.165) is 9.32 Å². The van der Waals surface area contributed by atoms with Crippen LogP contribution in [0.4, 0.5) is 0 Å². The fourth-order valence-electron chi connectivity index (χ4n) is 2.13. The Morgan fingerprint density at radius 2 is 1.73 bits per heavy atom. The molecule has 138 valence electrons. The lowest BCUT2D eigenvalue weighted by molar-refractivity contribution is -0.129. The number of nitrogens with one attached hydrogen (secondary N) is 1. The number of hydrogen-bond donors (Lipinski definition) is 1. The lowest BCUT2D eigenvalue weighted by atomic mass is 10.2. The predicted molar refractivity (Wildman–Crippen MR) is 108 cm³/mol. The third kappa shape index (κ3) is 5.91. The first-order chi connectivity index (χ1) is 12.5. The maximum atomic E-state index is 12.1. The van der Waals surface area contributed by atoms with Gasteiger partial charge in [-0.3, -0.25) is 9.59 Å². The largest absolute Gasteiger partial charge is 0.497 e. The SMILES string of the molecule is COc1ccc(OCCN(C)C(=O)CNC(=O)c2ccccc2I)cc1. The normalized spacial score (nSPS) is 10.1. The van der Waals surface area contributed by atoms with Crippen LogP contribution in [-0.4, -0.2) is 50.6 Å². The zero-order valence-corrected chi connectivity index (χ0v) is 16.9. The number of rotatable bonds is 8. The van der Waals surface area contributed by atoms with E-state index in [1.54, 1.807) is 26.3 Å². The first-order valence-electron chi connectivity index (χ1n) is 8.05. The van der Waals surface area contributed by atoms with E-state index in [0.29, 0.717) is 24.5 Å².